The van der Waals surface area contributed by atoms with Gasteiger partial charge < -0.3 is 10.1 Å². The van der Waals surface area contributed by atoms with Gasteiger partial charge in [0.2, 0.25) is 0 Å². The standard InChI is InChI=1S/C14H30N2O/c1-12(2)11-17-10-9-16-8-6-5-7-14(16)13(3)15-4/h12-15H,5-11H2,1-4H3. The summed E-state index contributed by atoms with van der Waals surface area (Å²) in [6.45, 7) is 10.8. The maximum absolute atomic E-state index is 5.70. The van der Waals surface area contributed by atoms with Crippen LogP contribution in [0.5, 0.6) is 0 Å². The van der Waals surface area contributed by atoms with E-state index in [0.29, 0.717) is 18.0 Å². The molecule has 0 bridgehead atoms. The Bertz CT molecular complexity index is 197. The minimum absolute atomic E-state index is 0.584. The van der Waals surface area contributed by atoms with Crippen LogP contribution < -0.4 is 5.32 Å². The van der Waals surface area contributed by atoms with Crippen LogP contribution in [0.3, 0.4) is 0 Å². The first-order valence-electron chi connectivity index (χ1n) is 7.14. The molecule has 0 radical (unpaired) electrons. The van der Waals surface area contributed by atoms with Crippen molar-refractivity contribution in [2.45, 2.75) is 52.1 Å². The van der Waals surface area contributed by atoms with Gasteiger partial charge in [-0.2, -0.15) is 0 Å². The molecule has 1 fully saturated rings. The maximum Gasteiger partial charge on any atom is 0.0593 e. The van der Waals surface area contributed by atoms with E-state index in [2.05, 4.69) is 38.0 Å². The number of piperidine rings is 1. The van der Waals surface area contributed by atoms with Crippen molar-refractivity contribution < 1.29 is 4.74 Å². The van der Waals surface area contributed by atoms with Gasteiger partial charge in [-0.1, -0.05) is 20.3 Å². The summed E-state index contributed by atoms with van der Waals surface area (Å²) in [5, 5.41) is 3.39. The molecule has 0 aromatic carbocycles. The van der Waals surface area contributed by atoms with Gasteiger partial charge in [-0.05, 0) is 39.3 Å². The fourth-order valence-electron chi connectivity index (χ4n) is 2.55. The Hall–Kier alpha value is -0.120. The Morgan fingerprint density at radius 2 is 2.06 bits per heavy atom. The molecular formula is C14H30N2O. The number of likely N-dealkylation sites (N-methyl/N-ethyl adjacent to an activating group) is 1. The largest absolute Gasteiger partial charge is 0.380 e. The van der Waals surface area contributed by atoms with Crippen LogP contribution in [0.2, 0.25) is 0 Å². The number of hydrogen-bond acceptors (Lipinski definition) is 3. The molecule has 1 saturated heterocycles. The second-order valence-electron chi connectivity index (χ2n) is 5.65. The zero-order valence-electron chi connectivity index (χ0n) is 12.0. The summed E-state index contributed by atoms with van der Waals surface area (Å²) < 4.78 is 5.70. The molecule has 3 heteroatoms. The van der Waals surface area contributed by atoms with Crippen molar-refractivity contribution in [3.8, 4) is 0 Å². The van der Waals surface area contributed by atoms with Crippen LogP contribution in [0.15, 0.2) is 0 Å². The van der Waals surface area contributed by atoms with Crippen molar-refractivity contribution >= 4 is 0 Å². The van der Waals surface area contributed by atoms with Crippen LogP contribution in [-0.4, -0.2) is 50.3 Å². The lowest BCUT2D eigenvalue weighted by Gasteiger charge is -2.39. The number of nitrogens with one attached hydrogen (secondary N) is 1. The van der Waals surface area contributed by atoms with Crippen molar-refractivity contribution in [3.63, 3.8) is 0 Å². The number of nitrogens with zero attached hydrogens (tertiary/aromatic N) is 1. The third-order valence-corrected chi connectivity index (χ3v) is 3.67. The molecule has 102 valence electrons. The van der Waals surface area contributed by atoms with Crippen LogP contribution in [0.4, 0.5) is 0 Å². The highest BCUT2D eigenvalue weighted by atomic mass is 16.5. The predicted octanol–water partition coefficient (Wildman–Crippen LogP) is 2.12. The summed E-state index contributed by atoms with van der Waals surface area (Å²) in [4.78, 5) is 2.60. The Morgan fingerprint density at radius 3 is 2.71 bits per heavy atom. The van der Waals surface area contributed by atoms with E-state index >= 15 is 0 Å². The molecule has 0 aliphatic carbocycles. The van der Waals surface area contributed by atoms with Crippen molar-refractivity contribution in [3.05, 3.63) is 0 Å². The predicted molar refractivity (Wildman–Crippen MR) is 73.4 cm³/mol. The van der Waals surface area contributed by atoms with Gasteiger partial charge in [0.1, 0.15) is 0 Å². The summed E-state index contributed by atoms with van der Waals surface area (Å²) >= 11 is 0. The molecule has 2 unspecified atom stereocenters. The minimum Gasteiger partial charge on any atom is -0.380 e. The lowest BCUT2D eigenvalue weighted by atomic mass is 9.96. The Kier molecular flexibility index (Phi) is 7.09. The second-order valence-corrected chi connectivity index (χ2v) is 5.65. The summed E-state index contributed by atoms with van der Waals surface area (Å²) in [6.07, 6.45) is 4.04. The van der Waals surface area contributed by atoms with Crippen LogP contribution in [0.1, 0.15) is 40.0 Å². The van der Waals surface area contributed by atoms with Crippen LogP contribution in [-0.2, 0) is 4.74 Å². The molecule has 1 N–H and O–H groups in total. The van der Waals surface area contributed by atoms with Gasteiger partial charge in [0.05, 0.1) is 6.61 Å². The fourth-order valence-corrected chi connectivity index (χ4v) is 2.55. The highest BCUT2D eigenvalue weighted by molar-refractivity contribution is 4.84. The zero-order valence-corrected chi connectivity index (χ0v) is 12.0. The molecule has 3 nitrogen and oxygen atoms in total. The summed E-state index contributed by atoms with van der Waals surface area (Å²) in [5.74, 6) is 0.642. The summed E-state index contributed by atoms with van der Waals surface area (Å²) in [5.41, 5.74) is 0. The monoisotopic (exact) mass is 242 g/mol. The Labute approximate surface area is 107 Å². The molecule has 0 spiro atoms. The number of hydrogen-bond donors (Lipinski definition) is 1. The number of likely N-dealkylation sites (tertiary alicyclic amines) is 1. The van der Waals surface area contributed by atoms with Gasteiger partial charge in [-0.25, -0.2) is 0 Å². The first kappa shape index (κ1) is 14.9. The van der Waals surface area contributed by atoms with Crippen molar-refractivity contribution in [1.29, 1.82) is 0 Å². The van der Waals surface area contributed by atoms with Gasteiger partial charge in [0, 0.05) is 25.2 Å². The first-order chi connectivity index (χ1) is 8.15. The SMILES string of the molecule is CNC(C)C1CCCCN1CCOCC(C)C. The highest BCUT2D eigenvalue weighted by Crippen LogP contribution is 2.19. The van der Waals surface area contributed by atoms with Crippen molar-refractivity contribution in [2.24, 2.45) is 5.92 Å². The lowest BCUT2D eigenvalue weighted by molar-refractivity contribution is 0.0521. The zero-order chi connectivity index (χ0) is 12.7. The molecule has 1 rings (SSSR count). The molecule has 0 saturated carbocycles. The normalized spacial score (nSPS) is 24.2. The molecule has 1 aliphatic heterocycles. The van der Waals surface area contributed by atoms with Crippen LogP contribution >= 0.6 is 0 Å². The topological polar surface area (TPSA) is 24.5 Å². The van der Waals surface area contributed by atoms with Gasteiger partial charge in [-0.3, -0.25) is 4.90 Å². The Balaban J connectivity index is 2.27. The average molecular weight is 242 g/mol. The van der Waals surface area contributed by atoms with Crippen LogP contribution in [0, 0.1) is 5.92 Å². The fraction of sp³-hybridized carbons (Fsp3) is 1.00. The van der Waals surface area contributed by atoms with Crippen LogP contribution in [0.25, 0.3) is 0 Å². The minimum atomic E-state index is 0.584. The lowest BCUT2D eigenvalue weighted by Crippen LogP contribution is -2.51. The summed E-state index contributed by atoms with van der Waals surface area (Å²) in [6, 6.07) is 1.27. The van der Waals surface area contributed by atoms with E-state index in [9.17, 15) is 0 Å². The second kappa shape index (κ2) is 8.06. The Morgan fingerprint density at radius 1 is 1.29 bits per heavy atom. The molecule has 1 heterocycles. The van der Waals surface area contributed by atoms with E-state index in [4.69, 9.17) is 4.74 Å². The molecule has 0 amide bonds. The van der Waals surface area contributed by atoms with E-state index in [1.54, 1.807) is 0 Å². The van der Waals surface area contributed by atoms with E-state index in [1.165, 1.54) is 25.8 Å². The van der Waals surface area contributed by atoms with Gasteiger partial charge in [0.15, 0.2) is 0 Å². The van der Waals surface area contributed by atoms with Crippen molar-refractivity contribution in [2.75, 3.05) is 33.4 Å². The molecular weight excluding hydrogens is 212 g/mol. The number of rotatable bonds is 7. The van der Waals surface area contributed by atoms with Gasteiger partial charge in [-0.15, -0.1) is 0 Å². The van der Waals surface area contributed by atoms with E-state index in [-0.39, 0.29) is 0 Å². The van der Waals surface area contributed by atoms with E-state index < -0.39 is 0 Å². The molecule has 17 heavy (non-hydrogen) atoms. The summed E-state index contributed by atoms with van der Waals surface area (Å²) in [7, 11) is 2.06. The number of ether oxygens (including phenoxy) is 1. The third-order valence-electron chi connectivity index (χ3n) is 3.67. The highest BCUT2D eigenvalue weighted by Gasteiger charge is 2.25. The average Bonchev–Trinajstić information content (AvgIpc) is 2.34. The van der Waals surface area contributed by atoms with Crippen molar-refractivity contribution in [1.82, 2.24) is 10.2 Å². The van der Waals surface area contributed by atoms with E-state index in [1.807, 2.05) is 0 Å². The van der Waals surface area contributed by atoms with E-state index in [0.717, 1.165) is 19.8 Å². The molecule has 0 aromatic heterocycles. The molecule has 2 atom stereocenters. The maximum atomic E-state index is 5.70. The van der Waals surface area contributed by atoms with Gasteiger partial charge >= 0.3 is 0 Å². The first-order valence-corrected chi connectivity index (χ1v) is 7.14. The third kappa shape index (κ3) is 5.36. The van der Waals surface area contributed by atoms with Gasteiger partial charge in [0.25, 0.3) is 0 Å². The molecule has 1 aliphatic rings. The quantitative estimate of drug-likeness (QED) is 0.692. The smallest absolute Gasteiger partial charge is 0.0593 e. The molecule has 0 aromatic rings.